The molecule has 0 saturated heterocycles. The van der Waals surface area contributed by atoms with E-state index in [-0.39, 0.29) is 12.1 Å². The van der Waals surface area contributed by atoms with Crippen molar-refractivity contribution in [2.75, 3.05) is 18.0 Å². The minimum Gasteiger partial charge on any atom is -0.392 e. The van der Waals surface area contributed by atoms with E-state index in [1.54, 1.807) is 0 Å². The van der Waals surface area contributed by atoms with Crippen molar-refractivity contribution in [1.29, 1.82) is 0 Å². The first kappa shape index (κ1) is 10.5. The van der Waals surface area contributed by atoms with Crippen molar-refractivity contribution < 1.29 is 5.11 Å². The minimum absolute atomic E-state index is 0.179. The summed E-state index contributed by atoms with van der Waals surface area (Å²) in [5, 5.41) is 9.43. The fourth-order valence-electron chi connectivity index (χ4n) is 2.21. The van der Waals surface area contributed by atoms with Gasteiger partial charge in [-0.3, -0.25) is 0 Å². The zero-order chi connectivity index (χ0) is 10.8. The van der Waals surface area contributed by atoms with E-state index in [1.807, 2.05) is 19.1 Å². The molecular formula is C12H18N2O. The third-order valence-electron chi connectivity index (χ3n) is 2.75. The second kappa shape index (κ2) is 4.21. The average molecular weight is 206 g/mol. The third kappa shape index (κ3) is 2.30. The molecule has 15 heavy (non-hydrogen) atoms. The molecule has 1 aliphatic heterocycles. The van der Waals surface area contributed by atoms with Crippen molar-refractivity contribution in [2.45, 2.75) is 25.5 Å². The maximum Gasteiger partial charge on any atom is 0.0687 e. The van der Waals surface area contributed by atoms with E-state index >= 15 is 0 Å². The van der Waals surface area contributed by atoms with Crippen molar-refractivity contribution in [1.82, 2.24) is 0 Å². The first-order chi connectivity index (χ1) is 7.16. The SMILES string of the molecule is CC(O)CN1CC(N)Cc2ccccc21. The lowest BCUT2D eigenvalue weighted by Crippen LogP contribution is -2.45. The number of para-hydroxylation sites is 1. The van der Waals surface area contributed by atoms with Crippen LogP contribution in [0.1, 0.15) is 12.5 Å². The van der Waals surface area contributed by atoms with Crippen molar-refractivity contribution in [3.8, 4) is 0 Å². The largest absolute Gasteiger partial charge is 0.392 e. The van der Waals surface area contributed by atoms with E-state index in [1.165, 1.54) is 11.3 Å². The predicted octanol–water partition coefficient (Wildman–Crippen LogP) is 0.757. The summed E-state index contributed by atoms with van der Waals surface area (Å²) >= 11 is 0. The summed E-state index contributed by atoms with van der Waals surface area (Å²) in [6.45, 7) is 3.30. The van der Waals surface area contributed by atoms with Gasteiger partial charge in [0.1, 0.15) is 0 Å². The first-order valence-corrected chi connectivity index (χ1v) is 5.43. The third-order valence-corrected chi connectivity index (χ3v) is 2.75. The molecule has 1 aromatic rings. The molecule has 0 radical (unpaired) electrons. The number of anilines is 1. The van der Waals surface area contributed by atoms with Gasteiger partial charge in [-0.1, -0.05) is 18.2 Å². The average Bonchev–Trinajstić information content (AvgIpc) is 2.16. The number of benzene rings is 1. The molecule has 3 nitrogen and oxygen atoms in total. The summed E-state index contributed by atoms with van der Waals surface area (Å²) in [7, 11) is 0. The van der Waals surface area contributed by atoms with Crippen LogP contribution in [0.3, 0.4) is 0 Å². The topological polar surface area (TPSA) is 49.5 Å². The maximum atomic E-state index is 9.43. The van der Waals surface area contributed by atoms with E-state index in [4.69, 9.17) is 5.73 Å². The quantitative estimate of drug-likeness (QED) is 0.751. The number of rotatable bonds is 2. The number of aliphatic hydroxyl groups excluding tert-OH is 1. The Kier molecular flexibility index (Phi) is 2.93. The molecule has 2 atom stereocenters. The number of nitrogens with two attached hydrogens (primary N) is 1. The second-order valence-corrected chi connectivity index (χ2v) is 4.35. The molecule has 2 rings (SSSR count). The van der Waals surface area contributed by atoms with Gasteiger partial charge in [0.2, 0.25) is 0 Å². The Morgan fingerprint density at radius 1 is 1.53 bits per heavy atom. The maximum absolute atomic E-state index is 9.43. The Balaban J connectivity index is 2.26. The van der Waals surface area contributed by atoms with Gasteiger partial charge in [0.05, 0.1) is 6.10 Å². The van der Waals surface area contributed by atoms with Crippen molar-refractivity contribution in [3.05, 3.63) is 29.8 Å². The molecule has 3 heteroatoms. The van der Waals surface area contributed by atoms with E-state index in [0.717, 1.165) is 13.0 Å². The highest BCUT2D eigenvalue weighted by Gasteiger charge is 2.22. The van der Waals surface area contributed by atoms with Crippen LogP contribution in [0.4, 0.5) is 5.69 Å². The van der Waals surface area contributed by atoms with Gasteiger partial charge in [0, 0.05) is 24.8 Å². The van der Waals surface area contributed by atoms with Gasteiger partial charge in [0.25, 0.3) is 0 Å². The molecule has 3 N–H and O–H groups in total. The summed E-state index contributed by atoms with van der Waals surface area (Å²) in [6.07, 6.45) is 0.621. The molecule has 0 fully saturated rings. The van der Waals surface area contributed by atoms with Crippen LogP contribution in [0.2, 0.25) is 0 Å². The summed E-state index contributed by atoms with van der Waals surface area (Å²) < 4.78 is 0. The van der Waals surface area contributed by atoms with E-state index in [0.29, 0.717) is 6.54 Å². The molecule has 0 spiro atoms. The van der Waals surface area contributed by atoms with E-state index < -0.39 is 0 Å². The molecule has 0 bridgehead atoms. The molecule has 1 aliphatic rings. The van der Waals surface area contributed by atoms with Crippen LogP contribution in [0.5, 0.6) is 0 Å². The lowest BCUT2D eigenvalue weighted by atomic mass is 9.98. The Morgan fingerprint density at radius 3 is 3.00 bits per heavy atom. The van der Waals surface area contributed by atoms with Gasteiger partial charge in [-0.25, -0.2) is 0 Å². The van der Waals surface area contributed by atoms with Crippen LogP contribution in [0.15, 0.2) is 24.3 Å². The summed E-state index contributed by atoms with van der Waals surface area (Å²) in [5.41, 5.74) is 8.50. The summed E-state index contributed by atoms with van der Waals surface area (Å²) in [4.78, 5) is 2.17. The van der Waals surface area contributed by atoms with Crippen molar-refractivity contribution >= 4 is 5.69 Å². The number of β-amino-alcohol motifs (C(OH)–C–C–N with tert-alkyl or cyclic N) is 1. The zero-order valence-electron chi connectivity index (χ0n) is 9.06. The highest BCUT2D eigenvalue weighted by atomic mass is 16.3. The zero-order valence-corrected chi connectivity index (χ0v) is 9.06. The molecule has 82 valence electrons. The van der Waals surface area contributed by atoms with Crippen LogP contribution in [0.25, 0.3) is 0 Å². The van der Waals surface area contributed by atoms with Crippen LogP contribution in [-0.2, 0) is 6.42 Å². The van der Waals surface area contributed by atoms with Gasteiger partial charge in [-0.05, 0) is 25.0 Å². The molecule has 0 aliphatic carbocycles. The van der Waals surface area contributed by atoms with Crippen LogP contribution < -0.4 is 10.6 Å². The summed E-state index contributed by atoms with van der Waals surface area (Å²) in [5.74, 6) is 0. The number of aliphatic hydroxyl groups is 1. The second-order valence-electron chi connectivity index (χ2n) is 4.35. The normalized spacial score (nSPS) is 22.3. The summed E-state index contributed by atoms with van der Waals surface area (Å²) in [6, 6.07) is 8.47. The highest BCUT2D eigenvalue weighted by Crippen LogP contribution is 2.26. The molecule has 0 amide bonds. The van der Waals surface area contributed by atoms with E-state index in [9.17, 15) is 5.11 Å². The highest BCUT2D eigenvalue weighted by molar-refractivity contribution is 5.56. The molecule has 0 saturated carbocycles. The Hall–Kier alpha value is -1.06. The van der Waals surface area contributed by atoms with E-state index in [2.05, 4.69) is 17.0 Å². The number of hydrogen-bond acceptors (Lipinski definition) is 3. The van der Waals surface area contributed by atoms with Gasteiger partial charge < -0.3 is 15.7 Å². The Labute approximate surface area is 90.5 Å². The van der Waals surface area contributed by atoms with Crippen molar-refractivity contribution in [2.24, 2.45) is 5.73 Å². The number of hydrogen-bond donors (Lipinski definition) is 2. The standard InChI is InChI=1S/C12H18N2O/c1-9(15)7-14-8-11(13)6-10-4-2-3-5-12(10)14/h2-5,9,11,15H,6-8,13H2,1H3. The lowest BCUT2D eigenvalue weighted by Gasteiger charge is -2.35. The van der Waals surface area contributed by atoms with Gasteiger partial charge >= 0.3 is 0 Å². The molecule has 2 unspecified atom stereocenters. The van der Waals surface area contributed by atoms with Gasteiger partial charge in [-0.15, -0.1) is 0 Å². The monoisotopic (exact) mass is 206 g/mol. The molecule has 1 aromatic carbocycles. The van der Waals surface area contributed by atoms with Crippen LogP contribution >= 0.6 is 0 Å². The van der Waals surface area contributed by atoms with Crippen LogP contribution in [-0.4, -0.2) is 30.3 Å². The fraction of sp³-hybridized carbons (Fsp3) is 0.500. The van der Waals surface area contributed by atoms with Gasteiger partial charge in [-0.2, -0.15) is 0 Å². The lowest BCUT2D eigenvalue weighted by molar-refractivity contribution is 0.199. The van der Waals surface area contributed by atoms with Gasteiger partial charge in [0.15, 0.2) is 0 Å². The molecule has 0 aromatic heterocycles. The van der Waals surface area contributed by atoms with Crippen LogP contribution in [0, 0.1) is 0 Å². The Morgan fingerprint density at radius 2 is 2.27 bits per heavy atom. The molecular weight excluding hydrogens is 188 g/mol. The smallest absolute Gasteiger partial charge is 0.0687 e. The number of nitrogens with zero attached hydrogens (tertiary/aromatic N) is 1. The van der Waals surface area contributed by atoms with Crippen molar-refractivity contribution in [3.63, 3.8) is 0 Å². The Bertz CT molecular complexity index is 338. The predicted molar refractivity (Wildman–Crippen MR) is 62.0 cm³/mol. The first-order valence-electron chi connectivity index (χ1n) is 5.43. The fourth-order valence-corrected chi connectivity index (χ4v) is 2.21. The molecule has 1 heterocycles. The number of fused-ring (bicyclic) bond motifs is 1. The minimum atomic E-state index is -0.316.